The number of anilines is 1. The molecule has 4 rings (SSSR count). The minimum Gasteiger partial charge on any atom is -0.497 e. The van der Waals surface area contributed by atoms with Gasteiger partial charge in [0.25, 0.3) is 10.0 Å². The SMILES string of the molecule is COc1ccc(S(=O)(=O)N(CC(=O)N(Cc2cccc(Br)c2)[C@@H](Cc2ccccc2)C(=O)NCC(C)C)c2ccccc2OC)cc1. The van der Waals surface area contributed by atoms with Crippen LogP contribution in [0.15, 0.2) is 112 Å². The Hall–Kier alpha value is -4.35. The molecule has 0 aliphatic heterocycles. The topological polar surface area (TPSA) is 105 Å². The van der Waals surface area contributed by atoms with Gasteiger partial charge in [0.05, 0.1) is 24.8 Å². The average Bonchev–Trinajstić information content (AvgIpc) is 3.08. The summed E-state index contributed by atoms with van der Waals surface area (Å²) < 4.78 is 41.2. The van der Waals surface area contributed by atoms with Crippen molar-refractivity contribution in [3.63, 3.8) is 0 Å². The third kappa shape index (κ3) is 9.36. The summed E-state index contributed by atoms with van der Waals surface area (Å²) in [6, 6.07) is 28.5. The van der Waals surface area contributed by atoms with E-state index in [0.29, 0.717) is 12.3 Å². The van der Waals surface area contributed by atoms with Gasteiger partial charge in [-0.1, -0.05) is 84.4 Å². The number of rotatable bonds is 15. The van der Waals surface area contributed by atoms with Crippen molar-refractivity contribution in [2.75, 3.05) is 31.6 Å². The highest BCUT2D eigenvalue weighted by molar-refractivity contribution is 9.10. The number of ether oxygens (including phenoxy) is 2. The monoisotopic (exact) mass is 721 g/mol. The number of hydrogen-bond acceptors (Lipinski definition) is 6. The number of carbonyl (C=O) groups is 2. The smallest absolute Gasteiger partial charge is 0.264 e. The zero-order valence-electron chi connectivity index (χ0n) is 26.9. The Balaban J connectivity index is 1.83. The second kappa shape index (κ2) is 16.5. The number of sulfonamides is 1. The number of nitrogens with one attached hydrogen (secondary N) is 1. The van der Waals surface area contributed by atoms with Crippen LogP contribution in [0.4, 0.5) is 5.69 Å². The van der Waals surface area contributed by atoms with E-state index in [0.717, 1.165) is 19.9 Å². The van der Waals surface area contributed by atoms with Crippen molar-refractivity contribution in [2.45, 2.75) is 37.8 Å². The molecule has 0 aliphatic carbocycles. The molecule has 0 radical (unpaired) electrons. The molecule has 0 aliphatic rings. The molecule has 0 unspecified atom stereocenters. The lowest BCUT2D eigenvalue weighted by Crippen LogP contribution is -2.53. The zero-order valence-corrected chi connectivity index (χ0v) is 29.3. The van der Waals surface area contributed by atoms with Gasteiger partial charge < -0.3 is 19.7 Å². The molecule has 248 valence electrons. The predicted molar refractivity (Wildman–Crippen MR) is 187 cm³/mol. The molecule has 0 aromatic heterocycles. The number of para-hydroxylation sites is 2. The number of benzene rings is 4. The van der Waals surface area contributed by atoms with Crippen LogP contribution in [0.2, 0.25) is 0 Å². The van der Waals surface area contributed by atoms with Crippen LogP contribution in [0.5, 0.6) is 11.5 Å². The van der Waals surface area contributed by atoms with Crippen molar-refractivity contribution in [3.8, 4) is 11.5 Å². The first-order valence-electron chi connectivity index (χ1n) is 15.2. The molecular weight excluding hydrogens is 682 g/mol. The molecule has 4 aromatic rings. The second-order valence-corrected chi connectivity index (χ2v) is 14.1. The van der Waals surface area contributed by atoms with Crippen LogP contribution in [0.25, 0.3) is 0 Å². The summed E-state index contributed by atoms with van der Waals surface area (Å²) in [4.78, 5) is 30.0. The van der Waals surface area contributed by atoms with E-state index in [1.807, 2.05) is 68.4 Å². The summed E-state index contributed by atoms with van der Waals surface area (Å²) in [5, 5.41) is 3.00. The van der Waals surface area contributed by atoms with Crippen molar-refractivity contribution >= 4 is 43.5 Å². The van der Waals surface area contributed by atoms with E-state index in [4.69, 9.17) is 9.47 Å². The summed E-state index contributed by atoms with van der Waals surface area (Å²) in [7, 11) is -1.37. The lowest BCUT2D eigenvalue weighted by atomic mass is 10.0. The second-order valence-electron chi connectivity index (χ2n) is 11.4. The Labute approximate surface area is 285 Å². The molecule has 11 heteroatoms. The summed E-state index contributed by atoms with van der Waals surface area (Å²) >= 11 is 3.51. The van der Waals surface area contributed by atoms with Crippen molar-refractivity contribution in [2.24, 2.45) is 5.92 Å². The van der Waals surface area contributed by atoms with Crippen LogP contribution in [0, 0.1) is 5.92 Å². The van der Waals surface area contributed by atoms with Gasteiger partial charge in [0.15, 0.2) is 0 Å². The number of carbonyl (C=O) groups excluding carboxylic acids is 2. The Morgan fingerprint density at radius 2 is 1.49 bits per heavy atom. The number of halogens is 1. The third-order valence-electron chi connectivity index (χ3n) is 7.48. The Bertz CT molecular complexity index is 1750. The van der Waals surface area contributed by atoms with Gasteiger partial charge in [-0.15, -0.1) is 0 Å². The summed E-state index contributed by atoms with van der Waals surface area (Å²) in [5.74, 6) is 0.0502. The molecule has 4 aromatic carbocycles. The number of amides is 2. The quantitative estimate of drug-likeness (QED) is 0.160. The van der Waals surface area contributed by atoms with Gasteiger partial charge in [-0.2, -0.15) is 0 Å². The lowest BCUT2D eigenvalue weighted by molar-refractivity contribution is -0.140. The Kier molecular flexibility index (Phi) is 12.4. The molecule has 1 atom stereocenters. The molecular formula is C36H40BrN3O6S. The van der Waals surface area contributed by atoms with E-state index in [9.17, 15) is 18.0 Å². The highest BCUT2D eigenvalue weighted by atomic mass is 79.9. The van der Waals surface area contributed by atoms with Crippen molar-refractivity contribution in [1.82, 2.24) is 10.2 Å². The van der Waals surface area contributed by atoms with Crippen LogP contribution in [0.1, 0.15) is 25.0 Å². The van der Waals surface area contributed by atoms with Crippen LogP contribution in [0.3, 0.4) is 0 Å². The Morgan fingerprint density at radius 3 is 2.13 bits per heavy atom. The molecule has 0 saturated heterocycles. The Morgan fingerprint density at radius 1 is 0.830 bits per heavy atom. The van der Waals surface area contributed by atoms with Gasteiger partial charge in [0, 0.05) is 24.0 Å². The number of nitrogens with zero attached hydrogens (tertiary/aromatic N) is 2. The van der Waals surface area contributed by atoms with Gasteiger partial charge in [0.1, 0.15) is 24.1 Å². The molecule has 2 amide bonds. The zero-order chi connectivity index (χ0) is 34.0. The van der Waals surface area contributed by atoms with E-state index < -0.39 is 28.5 Å². The van der Waals surface area contributed by atoms with E-state index in [1.54, 1.807) is 36.4 Å². The normalized spacial score (nSPS) is 11.9. The van der Waals surface area contributed by atoms with Crippen molar-refractivity contribution < 1.29 is 27.5 Å². The van der Waals surface area contributed by atoms with E-state index in [2.05, 4.69) is 21.2 Å². The fourth-order valence-corrected chi connectivity index (χ4v) is 6.90. The summed E-state index contributed by atoms with van der Waals surface area (Å²) in [6.07, 6.45) is 0.227. The maximum Gasteiger partial charge on any atom is 0.264 e. The molecule has 9 nitrogen and oxygen atoms in total. The van der Waals surface area contributed by atoms with Gasteiger partial charge in [-0.05, 0) is 65.6 Å². The minimum atomic E-state index is -4.30. The van der Waals surface area contributed by atoms with E-state index in [-0.39, 0.29) is 41.1 Å². The summed E-state index contributed by atoms with van der Waals surface area (Å²) in [5.41, 5.74) is 1.81. The molecule has 0 spiro atoms. The van der Waals surface area contributed by atoms with E-state index in [1.165, 1.54) is 31.3 Å². The molecule has 0 fully saturated rings. The van der Waals surface area contributed by atoms with Crippen LogP contribution in [-0.4, -0.2) is 58.5 Å². The van der Waals surface area contributed by atoms with E-state index >= 15 is 0 Å². The largest absolute Gasteiger partial charge is 0.497 e. The molecule has 0 saturated carbocycles. The fourth-order valence-electron chi connectivity index (χ4n) is 5.03. The van der Waals surface area contributed by atoms with Crippen LogP contribution >= 0.6 is 15.9 Å². The maximum absolute atomic E-state index is 14.6. The van der Waals surface area contributed by atoms with Crippen LogP contribution in [-0.2, 0) is 32.6 Å². The first kappa shape index (κ1) is 35.5. The molecule has 1 N–H and O–H groups in total. The van der Waals surface area contributed by atoms with Gasteiger partial charge in [-0.25, -0.2) is 8.42 Å². The summed E-state index contributed by atoms with van der Waals surface area (Å²) in [6.45, 7) is 3.87. The predicted octanol–water partition coefficient (Wildman–Crippen LogP) is 6.07. The van der Waals surface area contributed by atoms with Crippen molar-refractivity contribution in [3.05, 3.63) is 119 Å². The third-order valence-corrected chi connectivity index (χ3v) is 9.74. The van der Waals surface area contributed by atoms with Crippen molar-refractivity contribution in [1.29, 1.82) is 0 Å². The number of hydrogen-bond donors (Lipinski definition) is 1. The minimum absolute atomic E-state index is 0.0361. The molecule has 47 heavy (non-hydrogen) atoms. The van der Waals surface area contributed by atoms with Crippen LogP contribution < -0.4 is 19.1 Å². The van der Waals surface area contributed by atoms with Gasteiger partial charge in [-0.3, -0.25) is 13.9 Å². The highest BCUT2D eigenvalue weighted by Gasteiger charge is 2.35. The van der Waals surface area contributed by atoms with Gasteiger partial charge >= 0.3 is 0 Å². The first-order valence-corrected chi connectivity index (χ1v) is 17.4. The average molecular weight is 723 g/mol. The molecule has 0 heterocycles. The lowest BCUT2D eigenvalue weighted by Gasteiger charge is -2.34. The maximum atomic E-state index is 14.6. The fraction of sp³-hybridized carbons (Fsp3) is 0.278. The molecule has 0 bridgehead atoms. The highest BCUT2D eigenvalue weighted by Crippen LogP contribution is 2.33. The first-order chi connectivity index (χ1) is 22.5. The standard InChI is InChI=1S/C36H40BrN3O6S/c1-26(2)23-38-36(42)33(22-27-11-6-5-7-12-27)39(24-28-13-10-14-29(37)21-28)35(41)25-40(32-15-8-9-16-34(32)46-4)47(43,44)31-19-17-30(45-3)18-20-31/h5-21,26,33H,22-25H2,1-4H3,(H,38,42)/t33-/m0/s1. The number of methoxy groups -OCH3 is 2. The van der Waals surface area contributed by atoms with Gasteiger partial charge in [0.2, 0.25) is 11.8 Å².